The van der Waals surface area contributed by atoms with E-state index < -0.39 is 0 Å². The van der Waals surface area contributed by atoms with Crippen molar-refractivity contribution in [2.45, 2.75) is 26.2 Å². The molecule has 0 bridgehead atoms. The van der Waals surface area contributed by atoms with Crippen LogP contribution in [0.4, 0.5) is 0 Å². The number of amides is 2. The van der Waals surface area contributed by atoms with Crippen LogP contribution in [0.3, 0.4) is 0 Å². The van der Waals surface area contributed by atoms with Crippen molar-refractivity contribution in [1.82, 2.24) is 9.80 Å². The van der Waals surface area contributed by atoms with E-state index >= 15 is 0 Å². The van der Waals surface area contributed by atoms with Crippen LogP contribution >= 0.6 is 11.6 Å². The van der Waals surface area contributed by atoms with E-state index in [1.807, 2.05) is 48.5 Å². The SMILES string of the molecule is COc1ccc(C2=C(N3CCCC(C)C3)C(=O)N(CCc3ccc(Cl)cc3)C2=O)cc1. The Morgan fingerprint density at radius 1 is 1.03 bits per heavy atom. The van der Waals surface area contributed by atoms with Crippen LogP contribution in [-0.4, -0.2) is 48.4 Å². The molecule has 2 aliphatic rings. The Morgan fingerprint density at radius 2 is 1.74 bits per heavy atom. The number of hydrogen-bond acceptors (Lipinski definition) is 4. The monoisotopic (exact) mass is 438 g/mol. The molecular formula is C25H27ClN2O3. The van der Waals surface area contributed by atoms with E-state index in [1.54, 1.807) is 7.11 Å². The number of benzene rings is 2. The van der Waals surface area contributed by atoms with Gasteiger partial charge in [-0.3, -0.25) is 14.5 Å². The first kappa shape index (κ1) is 21.4. The van der Waals surface area contributed by atoms with Crippen LogP contribution in [-0.2, 0) is 16.0 Å². The number of likely N-dealkylation sites (tertiary alicyclic amines) is 1. The second-order valence-corrected chi connectivity index (χ2v) is 8.72. The van der Waals surface area contributed by atoms with Crippen molar-refractivity contribution in [2.75, 3.05) is 26.7 Å². The molecule has 1 unspecified atom stereocenters. The molecule has 1 fully saturated rings. The van der Waals surface area contributed by atoms with Crippen LogP contribution in [0.1, 0.15) is 30.9 Å². The molecule has 0 N–H and O–H groups in total. The Labute approximate surface area is 188 Å². The van der Waals surface area contributed by atoms with Crippen molar-refractivity contribution in [1.29, 1.82) is 0 Å². The summed E-state index contributed by atoms with van der Waals surface area (Å²) in [5.74, 6) is 0.787. The van der Waals surface area contributed by atoms with E-state index in [9.17, 15) is 9.59 Å². The Bertz CT molecular complexity index is 998. The number of ether oxygens (including phenoxy) is 1. The van der Waals surface area contributed by atoms with E-state index in [4.69, 9.17) is 16.3 Å². The van der Waals surface area contributed by atoms with Gasteiger partial charge in [0.1, 0.15) is 11.4 Å². The summed E-state index contributed by atoms with van der Waals surface area (Å²) in [4.78, 5) is 30.4. The van der Waals surface area contributed by atoms with Gasteiger partial charge < -0.3 is 9.64 Å². The maximum absolute atomic E-state index is 13.5. The number of rotatable bonds is 6. The molecule has 2 aromatic carbocycles. The second-order valence-electron chi connectivity index (χ2n) is 8.28. The number of piperidine rings is 1. The average Bonchev–Trinajstić information content (AvgIpc) is 3.03. The summed E-state index contributed by atoms with van der Waals surface area (Å²) in [7, 11) is 1.61. The molecule has 2 aliphatic heterocycles. The van der Waals surface area contributed by atoms with E-state index in [0.29, 0.717) is 40.9 Å². The first-order chi connectivity index (χ1) is 15.0. The van der Waals surface area contributed by atoms with Crippen LogP contribution in [0.25, 0.3) is 5.57 Å². The summed E-state index contributed by atoms with van der Waals surface area (Å²) in [6, 6.07) is 14.9. The Morgan fingerprint density at radius 3 is 2.39 bits per heavy atom. The highest BCUT2D eigenvalue weighted by Gasteiger charge is 2.41. The lowest BCUT2D eigenvalue weighted by molar-refractivity contribution is -0.137. The fourth-order valence-corrected chi connectivity index (χ4v) is 4.49. The van der Waals surface area contributed by atoms with Gasteiger partial charge in [0, 0.05) is 24.7 Å². The van der Waals surface area contributed by atoms with Gasteiger partial charge in [-0.2, -0.15) is 0 Å². The molecule has 1 saturated heterocycles. The number of methoxy groups -OCH3 is 1. The topological polar surface area (TPSA) is 49.9 Å². The predicted molar refractivity (Wildman–Crippen MR) is 122 cm³/mol. The largest absolute Gasteiger partial charge is 0.497 e. The van der Waals surface area contributed by atoms with Crippen molar-refractivity contribution in [3.63, 3.8) is 0 Å². The maximum Gasteiger partial charge on any atom is 0.277 e. The summed E-state index contributed by atoms with van der Waals surface area (Å²) < 4.78 is 5.26. The summed E-state index contributed by atoms with van der Waals surface area (Å²) >= 11 is 5.97. The summed E-state index contributed by atoms with van der Waals surface area (Å²) in [5, 5.41) is 0.669. The van der Waals surface area contributed by atoms with E-state index in [1.165, 1.54) is 4.90 Å². The molecule has 4 rings (SSSR count). The van der Waals surface area contributed by atoms with Gasteiger partial charge in [-0.1, -0.05) is 42.8 Å². The van der Waals surface area contributed by atoms with Gasteiger partial charge in [0.15, 0.2) is 0 Å². The van der Waals surface area contributed by atoms with Gasteiger partial charge in [-0.15, -0.1) is 0 Å². The van der Waals surface area contributed by atoms with E-state index in [2.05, 4.69) is 11.8 Å². The third-order valence-electron chi connectivity index (χ3n) is 6.03. The number of hydrogen-bond donors (Lipinski definition) is 0. The molecule has 0 radical (unpaired) electrons. The third-order valence-corrected chi connectivity index (χ3v) is 6.28. The first-order valence-electron chi connectivity index (χ1n) is 10.7. The molecule has 0 saturated carbocycles. The molecule has 5 nitrogen and oxygen atoms in total. The normalized spacial score (nSPS) is 19.4. The molecule has 2 aromatic rings. The highest BCUT2D eigenvalue weighted by molar-refractivity contribution is 6.35. The lowest BCUT2D eigenvalue weighted by atomic mass is 9.98. The van der Waals surface area contributed by atoms with Gasteiger partial charge in [0.25, 0.3) is 11.8 Å². The zero-order chi connectivity index (χ0) is 22.0. The van der Waals surface area contributed by atoms with Crippen LogP contribution in [0.2, 0.25) is 5.02 Å². The fourth-order valence-electron chi connectivity index (χ4n) is 4.36. The summed E-state index contributed by atoms with van der Waals surface area (Å²) in [5.41, 5.74) is 2.83. The zero-order valence-corrected chi connectivity index (χ0v) is 18.7. The number of nitrogens with zero attached hydrogens (tertiary/aromatic N) is 2. The minimum Gasteiger partial charge on any atom is -0.497 e. The van der Waals surface area contributed by atoms with Crippen LogP contribution in [0.15, 0.2) is 54.2 Å². The average molecular weight is 439 g/mol. The second kappa shape index (κ2) is 9.15. The van der Waals surface area contributed by atoms with Gasteiger partial charge in [0.2, 0.25) is 0 Å². The molecule has 162 valence electrons. The molecule has 0 aromatic heterocycles. The van der Waals surface area contributed by atoms with Crippen molar-refractivity contribution in [3.8, 4) is 5.75 Å². The lowest BCUT2D eigenvalue weighted by Crippen LogP contribution is -2.39. The van der Waals surface area contributed by atoms with Gasteiger partial charge >= 0.3 is 0 Å². The molecule has 2 amide bonds. The maximum atomic E-state index is 13.5. The molecule has 0 spiro atoms. The van der Waals surface area contributed by atoms with Crippen LogP contribution in [0.5, 0.6) is 5.75 Å². The number of carbonyl (C=O) groups excluding carboxylic acids is 2. The van der Waals surface area contributed by atoms with Gasteiger partial charge in [-0.25, -0.2) is 0 Å². The third kappa shape index (κ3) is 4.47. The predicted octanol–water partition coefficient (Wildman–Crippen LogP) is 4.40. The first-order valence-corrected chi connectivity index (χ1v) is 11.1. The fraction of sp³-hybridized carbons (Fsp3) is 0.360. The lowest BCUT2D eigenvalue weighted by Gasteiger charge is -2.33. The quantitative estimate of drug-likeness (QED) is 0.627. The highest BCUT2D eigenvalue weighted by atomic mass is 35.5. The molecule has 31 heavy (non-hydrogen) atoms. The summed E-state index contributed by atoms with van der Waals surface area (Å²) in [6.45, 7) is 4.12. The minimum absolute atomic E-state index is 0.195. The molecule has 6 heteroatoms. The van der Waals surface area contributed by atoms with E-state index in [0.717, 1.165) is 37.1 Å². The van der Waals surface area contributed by atoms with Crippen LogP contribution < -0.4 is 4.74 Å². The highest BCUT2D eigenvalue weighted by Crippen LogP contribution is 2.34. The molecule has 1 atom stereocenters. The molecular weight excluding hydrogens is 412 g/mol. The minimum atomic E-state index is -0.225. The standard InChI is InChI=1S/C25H27ClN2O3/c1-17-4-3-14-27(16-17)23-22(19-7-11-21(31-2)12-8-19)24(29)28(25(23)30)15-13-18-5-9-20(26)10-6-18/h5-12,17H,3-4,13-16H2,1-2H3. The van der Waals surface area contributed by atoms with Gasteiger partial charge in [-0.05, 0) is 60.6 Å². The smallest absolute Gasteiger partial charge is 0.277 e. The van der Waals surface area contributed by atoms with Crippen LogP contribution in [0, 0.1) is 5.92 Å². The Balaban J connectivity index is 1.64. The zero-order valence-electron chi connectivity index (χ0n) is 17.9. The number of carbonyl (C=O) groups is 2. The van der Waals surface area contributed by atoms with Crippen molar-refractivity contribution in [2.24, 2.45) is 5.92 Å². The summed E-state index contributed by atoms with van der Waals surface area (Å²) in [6.07, 6.45) is 2.76. The van der Waals surface area contributed by atoms with Crippen molar-refractivity contribution in [3.05, 3.63) is 70.4 Å². The number of halogens is 1. The Kier molecular flexibility index (Phi) is 6.33. The van der Waals surface area contributed by atoms with Crippen molar-refractivity contribution < 1.29 is 14.3 Å². The number of imide groups is 1. The molecule has 0 aliphatic carbocycles. The van der Waals surface area contributed by atoms with Crippen molar-refractivity contribution >= 4 is 29.0 Å². The Hall–Kier alpha value is -2.79. The van der Waals surface area contributed by atoms with E-state index in [-0.39, 0.29) is 11.8 Å². The van der Waals surface area contributed by atoms with Gasteiger partial charge in [0.05, 0.1) is 12.7 Å². The molecule has 2 heterocycles.